The third-order valence-electron chi connectivity index (χ3n) is 2.91. The summed E-state index contributed by atoms with van der Waals surface area (Å²) < 4.78 is 1.86. The van der Waals surface area contributed by atoms with Gasteiger partial charge in [0, 0.05) is 36.1 Å². The van der Waals surface area contributed by atoms with Gasteiger partial charge in [0.05, 0.1) is 12.3 Å². The molecule has 0 saturated heterocycles. The van der Waals surface area contributed by atoms with E-state index in [1.807, 2.05) is 30.6 Å². The molecule has 0 spiro atoms. The first kappa shape index (κ1) is 12.0. The van der Waals surface area contributed by atoms with Crippen LogP contribution in [0.2, 0.25) is 0 Å². The van der Waals surface area contributed by atoms with Crippen LogP contribution in [-0.2, 0) is 0 Å². The third-order valence-corrected chi connectivity index (χ3v) is 2.91. The Labute approximate surface area is 100 Å². The van der Waals surface area contributed by atoms with Crippen molar-refractivity contribution in [1.29, 1.82) is 0 Å². The molecule has 0 saturated carbocycles. The van der Waals surface area contributed by atoms with Gasteiger partial charge in [-0.25, -0.2) is 9.50 Å². The summed E-state index contributed by atoms with van der Waals surface area (Å²) in [5.41, 5.74) is 4.03. The van der Waals surface area contributed by atoms with Crippen molar-refractivity contribution in [3.05, 3.63) is 29.2 Å². The molecule has 5 heteroatoms. The van der Waals surface area contributed by atoms with Crippen molar-refractivity contribution in [3.8, 4) is 0 Å². The van der Waals surface area contributed by atoms with Crippen LogP contribution in [0.5, 0.6) is 0 Å². The normalized spacial score (nSPS) is 13.2. The number of rotatable bonds is 4. The summed E-state index contributed by atoms with van der Waals surface area (Å²) >= 11 is 0. The van der Waals surface area contributed by atoms with E-state index in [0.717, 1.165) is 22.6 Å². The van der Waals surface area contributed by atoms with Gasteiger partial charge in [-0.15, -0.1) is 0 Å². The zero-order chi connectivity index (χ0) is 12.4. The Morgan fingerprint density at radius 3 is 2.94 bits per heavy atom. The Morgan fingerprint density at radius 1 is 1.47 bits per heavy atom. The highest BCUT2D eigenvalue weighted by atomic mass is 16.3. The minimum absolute atomic E-state index is 0.139. The molecule has 5 nitrogen and oxygen atoms in total. The van der Waals surface area contributed by atoms with Crippen molar-refractivity contribution in [1.82, 2.24) is 19.9 Å². The highest BCUT2D eigenvalue weighted by molar-refractivity contribution is 5.42. The van der Waals surface area contributed by atoms with Crippen molar-refractivity contribution in [2.75, 3.05) is 13.2 Å². The van der Waals surface area contributed by atoms with Crippen LogP contribution >= 0.6 is 0 Å². The monoisotopic (exact) mass is 234 g/mol. The van der Waals surface area contributed by atoms with Crippen molar-refractivity contribution >= 4 is 5.65 Å². The van der Waals surface area contributed by atoms with E-state index in [9.17, 15) is 0 Å². The predicted octanol–water partition coefficient (Wildman–Crippen LogP) is 0.989. The van der Waals surface area contributed by atoms with Gasteiger partial charge < -0.3 is 10.4 Å². The van der Waals surface area contributed by atoms with Gasteiger partial charge in [-0.1, -0.05) is 0 Å². The van der Waals surface area contributed by atoms with Gasteiger partial charge in [0.2, 0.25) is 0 Å². The highest BCUT2D eigenvalue weighted by Crippen LogP contribution is 2.17. The second-order valence-electron chi connectivity index (χ2n) is 4.25. The van der Waals surface area contributed by atoms with Crippen molar-refractivity contribution in [2.45, 2.75) is 26.8 Å². The number of hydrogen-bond donors (Lipinski definition) is 2. The molecule has 2 N–H and O–H groups in total. The smallest absolute Gasteiger partial charge is 0.155 e. The number of aliphatic hydroxyl groups is 1. The average molecular weight is 234 g/mol. The van der Waals surface area contributed by atoms with Crippen LogP contribution in [0.25, 0.3) is 5.65 Å². The molecular weight excluding hydrogens is 216 g/mol. The summed E-state index contributed by atoms with van der Waals surface area (Å²) in [4.78, 5) is 4.39. The van der Waals surface area contributed by atoms with Gasteiger partial charge in [-0.3, -0.25) is 0 Å². The quantitative estimate of drug-likeness (QED) is 0.828. The number of aliphatic hydroxyl groups excluding tert-OH is 1. The number of nitrogens with zero attached hydrogens (tertiary/aromatic N) is 3. The lowest BCUT2D eigenvalue weighted by molar-refractivity contribution is 0.286. The molecule has 0 radical (unpaired) electrons. The van der Waals surface area contributed by atoms with E-state index in [4.69, 9.17) is 5.11 Å². The van der Waals surface area contributed by atoms with Crippen LogP contribution in [0.3, 0.4) is 0 Å². The summed E-state index contributed by atoms with van der Waals surface area (Å²) in [6, 6.07) is 2.12. The molecule has 0 aliphatic carbocycles. The maximum absolute atomic E-state index is 8.81. The Morgan fingerprint density at radius 2 is 2.24 bits per heavy atom. The van der Waals surface area contributed by atoms with Crippen LogP contribution in [0.1, 0.15) is 29.9 Å². The lowest BCUT2D eigenvalue weighted by Gasteiger charge is -2.15. The van der Waals surface area contributed by atoms with Crippen LogP contribution in [0.15, 0.2) is 12.3 Å². The first-order valence-electron chi connectivity index (χ1n) is 5.79. The fourth-order valence-corrected chi connectivity index (χ4v) is 1.99. The molecule has 1 unspecified atom stereocenters. The molecule has 92 valence electrons. The SMILES string of the molecule is Cc1cc2ncc(C(C)NCCO)c(C)n2n1. The second kappa shape index (κ2) is 4.81. The maximum atomic E-state index is 8.81. The van der Waals surface area contributed by atoms with E-state index >= 15 is 0 Å². The Hall–Kier alpha value is -1.46. The number of fused-ring (bicyclic) bond motifs is 1. The molecule has 2 aromatic heterocycles. The summed E-state index contributed by atoms with van der Waals surface area (Å²) in [6.07, 6.45) is 1.88. The van der Waals surface area contributed by atoms with E-state index in [0.29, 0.717) is 6.54 Å². The largest absolute Gasteiger partial charge is 0.395 e. The van der Waals surface area contributed by atoms with Gasteiger partial charge in [0.25, 0.3) is 0 Å². The van der Waals surface area contributed by atoms with Gasteiger partial charge in [-0.05, 0) is 20.8 Å². The molecule has 2 heterocycles. The Kier molecular flexibility index (Phi) is 3.40. The van der Waals surface area contributed by atoms with E-state index in [1.54, 1.807) is 0 Å². The number of nitrogens with one attached hydrogen (secondary N) is 1. The molecule has 0 amide bonds. The van der Waals surface area contributed by atoms with Gasteiger partial charge in [0.15, 0.2) is 5.65 Å². The fourth-order valence-electron chi connectivity index (χ4n) is 1.99. The number of aryl methyl sites for hydroxylation is 2. The van der Waals surface area contributed by atoms with Gasteiger partial charge in [-0.2, -0.15) is 5.10 Å². The van der Waals surface area contributed by atoms with Crippen molar-refractivity contribution in [3.63, 3.8) is 0 Å². The summed E-state index contributed by atoms with van der Waals surface area (Å²) in [5, 5.41) is 16.5. The zero-order valence-electron chi connectivity index (χ0n) is 10.4. The molecule has 0 fully saturated rings. The molecular formula is C12H18N4O. The van der Waals surface area contributed by atoms with E-state index in [-0.39, 0.29) is 12.6 Å². The molecule has 1 atom stereocenters. The standard InChI is InChI=1S/C12H18N4O/c1-8-6-12-14-7-11(9(2)13-4-5-17)10(3)16(12)15-8/h6-7,9,13,17H,4-5H2,1-3H3. The number of hydrogen-bond acceptors (Lipinski definition) is 4. The van der Waals surface area contributed by atoms with Crippen LogP contribution in [-0.4, -0.2) is 32.9 Å². The molecule has 0 aliphatic rings. The third kappa shape index (κ3) is 2.30. The summed E-state index contributed by atoms with van der Waals surface area (Å²) in [5.74, 6) is 0. The lowest BCUT2D eigenvalue weighted by Crippen LogP contribution is -2.23. The van der Waals surface area contributed by atoms with Crippen LogP contribution < -0.4 is 5.32 Å². The topological polar surface area (TPSA) is 62.5 Å². The molecule has 0 bridgehead atoms. The summed E-state index contributed by atoms with van der Waals surface area (Å²) in [7, 11) is 0. The van der Waals surface area contributed by atoms with Crippen LogP contribution in [0, 0.1) is 13.8 Å². The molecule has 0 aliphatic heterocycles. The molecule has 0 aromatic carbocycles. The highest BCUT2D eigenvalue weighted by Gasteiger charge is 2.12. The average Bonchev–Trinajstić information content (AvgIpc) is 2.68. The molecule has 17 heavy (non-hydrogen) atoms. The maximum Gasteiger partial charge on any atom is 0.155 e. The Bertz CT molecular complexity index is 520. The van der Waals surface area contributed by atoms with Gasteiger partial charge in [0.1, 0.15) is 0 Å². The minimum Gasteiger partial charge on any atom is -0.395 e. The van der Waals surface area contributed by atoms with Crippen molar-refractivity contribution in [2.24, 2.45) is 0 Å². The first-order chi connectivity index (χ1) is 8.13. The van der Waals surface area contributed by atoms with E-state index < -0.39 is 0 Å². The minimum atomic E-state index is 0.139. The molecule has 2 rings (SSSR count). The van der Waals surface area contributed by atoms with E-state index in [1.165, 1.54) is 0 Å². The molecule has 2 aromatic rings. The predicted molar refractivity (Wildman–Crippen MR) is 66.0 cm³/mol. The zero-order valence-corrected chi connectivity index (χ0v) is 10.4. The fraction of sp³-hybridized carbons (Fsp3) is 0.500. The van der Waals surface area contributed by atoms with Crippen LogP contribution in [0.4, 0.5) is 0 Å². The second-order valence-corrected chi connectivity index (χ2v) is 4.25. The Balaban J connectivity index is 2.37. The van der Waals surface area contributed by atoms with Gasteiger partial charge >= 0.3 is 0 Å². The lowest BCUT2D eigenvalue weighted by atomic mass is 10.1. The number of aromatic nitrogens is 3. The van der Waals surface area contributed by atoms with E-state index in [2.05, 4.69) is 22.3 Å². The summed E-state index contributed by atoms with van der Waals surface area (Å²) in [6.45, 7) is 6.77. The van der Waals surface area contributed by atoms with Crippen molar-refractivity contribution < 1.29 is 5.11 Å². The first-order valence-corrected chi connectivity index (χ1v) is 5.79.